The number of hydrogen-bond acceptors (Lipinski definition) is 3. The minimum Gasteiger partial charge on any atom is -0.456 e. The molecular formula is C123H123NO2. The topological polar surface area (TPSA) is 29.5 Å². The van der Waals surface area contributed by atoms with Crippen LogP contribution in [0, 0.1) is 0 Å². The summed E-state index contributed by atoms with van der Waals surface area (Å²) >= 11 is 0. The Labute approximate surface area is 748 Å². The third kappa shape index (κ3) is 13.3. The highest BCUT2D eigenvalue weighted by Crippen LogP contribution is 2.64. The van der Waals surface area contributed by atoms with E-state index in [0.29, 0.717) is 0 Å². The van der Waals surface area contributed by atoms with Crippen molar-refractivity contribution in [3.8, 4) is 100 Å². The highest BCUT2D eigenvalue weighted by Gasteiger charge is 2.48. The van der Waals surface area contributed by atoms with E-state index in [1.807, 2.05) is 0 Å². The Hall–Kier alpha value is -11.5. The van der Waals surface area contributed by atoms with Gasteiger partial charge in [0.05, 0.1) is 5.69 Å². The van der Waals surface area contributed by atoms with Gasteiger partial charge in [0, 0.05) is 71.1 Å². The van der Waals surface area contributed by atoms with Crippen molar-refractivity contribution >= 4 is 60.9 Å². The lowest BCUT2D eigenvalue weighted by atomic mass is 9.70. The van der Waals surface area contributed by atoms with Crippen LogP contribution in [0.25, 0.3) is 144 Å². The molecule has 3 nitrogen and oxygen atoms in total. The highest BCUT2D eigenvalue weighted by atomic mass is 16.3. The van der Waals surface area contributed by atoms with Crippen molar-refractivity contribution in [2.45, 2.75) is 250 Å². The molecule has 0 amide bonds. The van der Waals surface area contributed by atoms with Crippen molar-refractivity contribution in [2.75, 3.05) is 4.90 Å². The van der Waals surface area contributed by atoms with E-state index in [1.165, 1.54) is 300 Å². The molecule has 0 unspecified atom stereocenters. The third-order valence-electron chi connectivity index (χ3n) is 31.3. The van der Waals surface area contributed by atoms with Gasteiger partial charge in [-0.25, -0.2) is 0 Å². The molecule has 0 N–H and O–H groups in total. The average Bonchev–Trinajstić information content (AvgIpc) is 1.53. The Balaban J connectivity index is 0.662. The third-order valence-corrected chi connectivity index (χ3v) is 31.3. The first kappa shape index (κ1) is 81.5. The Morgan fingerprint density at radius 2 is 0.619 bits per heavy atom. The molecule has 2 aromatic heterocycles. The van der Waals surface area contributed by atoms with Crippen LogP contribution in [-0.4, -0.2) is 0 Å². The monoisotopic (exact) mass is 1650 g/mol. The first-order chi connectivity index (χ1) is 61.6. The molecule has 2 heterocycles. The molecule has 0 radical (unpaired) electrons. The van der Waals surface area contributed by atoms with Crippen molar-refractivity contribution in [1.82, 2.24) is 0 Å². The molecule has 0 aliphatic heterocycles. The quantitative estimate of drug-likeness (QED) is 0.0406. The summed E-state index contributed by atoms with van der Waals surface area (Å²) in [5, 5.41) is 4.83. The molecular weight excluding hydrogens is 1520 g/mol. The summed E-state index contributed by atoms with van der Waals surface area (Å²) in [7, 11) is 0. The van der Waals surface area contributed by atoms with Gasteiger partial charge in [0.15, 0.2) is 0 Å². The number of hydrogen-bond donors (Lipinski definition) is 0. The van der Waals surface area contributed by atoms with Gasteiger partial charge in [-0.05, 0) is 255 Å². The summed E-state index contributed by atoms with van der Waals surface area (Å²) in [6, 6.07) is 107. The van der Waals surface area contributed by atoms with E-state index in [0.717, 1.165) is 59.4 Å². The van der Waals surface area contributed by atoms with Crippen LogP contribution in [0.5, 0.6) is 0 Å². The van der Waals surface area contributed by atoms with E-state index < -0.39 is 0 Å². The van der Waals surface area contributed by atoms with Crippen LogP contribution in [-0.2, 0) is 27.1 Å². The van der Waals surface area contributed by atoms with Gasteiger partial charge in [-0.1, -0.05) is 386 Å². The minimum atomic E-state index is -0.327. The molecule has 126 heavy (non-hydrogen) atoms. The maximum atomic E-state index is 7.42. The van der Waals surface area contributed by atoms with E-state index in [9.17, 15) is 0 Å². The van der Waals surface area contributed by atoms with Crippen molar-refractivity contribution in [3.63, 3.8) is 0 Å². The van der Waals surface area contributed by atoms with Gasteiger partial charge in [0.1, 0.15) is 22.3 Å². The average molecular weight is 1650 g/mol. The lowest BCUT2D eigenvalue weighted by Crippen LogP contribution is -2.26. The first-order valence-corrected chi connectivity index (χ1v) is 48.6. The molecule has 16 aromatic rings. The molecule has 5 aliphatic rings. The lowest BCUT2D eigenvalue weighted by Gasteiger charge is -2.35. The van der Waals surface area contributed by atoms with E-state index in [1.54, 1.807) is 11.1 Å². The van der Waals surface area contributed by atoms with Gasteiger partial charge in [-0.2, -0.15) is 0 Å². The molecule has 0 fully saturated rings. The van der Waals surface area contributed by atoms with Crippen LogP contribution in [0.2, 0.25) is 0 Å². The minimum absolute atomic E-state index is 0.0377. The number of para-hydroxylation sites is 3. The van der Waals surface area contributed by atoms with E-state index in [4.69, 9.17) is 8.83 Å². The van der Waals surface area contributed by atoms with Gasteiger partial charge in [0.2, 0.25) is 0 Å². The summed E-state index contributed by atoms with van der Waals surface area (Å²) in [5.41, 5.74) is 44.1. The zero-order valence-electron chi connectivity index (χ0n) is 76.2. The predicted octanol–water partition coefficient (Wildman–Crippen LogP) is 36.5. The molecule has 0 atom stereocenters. The molecule has 0 saturated carbocycles. The second-order valence-electron chi connectivity index (χ2n) is 39.8. The molecule has 632 valence electrons. The fourth-order valence-electron chi connectivity index (χ4n) is 24.6. The normalized spacial score (nSPS) is 15.0. The Morgan fingerprint density at radius 1 is 0.230 bits per heavy atom. The van der Waals surface area contributed by atoms with Crippen molar-refractivity contribution in [3.05, 3.63) is 329 Å². The standard InChI is InChI=1S/C123H123NO2/c1-11-15-19-23-38-68-122(69-39-24-20-16-12-2)100-48-34-30-45-89(100)92-63-58-85(74-107(92)122)84-57-62-91-90-61-56-83(72-102(90)120(7,8)103(91)73-84)80-52-54-82(55-53-80)97-77-109-114(117-96-47-33-37-51-112(96)126-118(97)117)94-65-60-87(76-108(94)123(109,70-40-25-21-17-13-3)71-41-26-22-18-14-4)124(110-49-35-31-44-88(110)81-42-28-27-29-43-81)86-59-64-93-98-78-106-99(79-105(98)121(9,10)104(93)75-86)115-101(119(106,5)6)66-67-113-116(115)95-46-32-36-50-111(95)125-113/h27-37,42-67,72-79H,11-26,38-41,68-71H2,1-10H3. The second-order valence-corrected chi connectivity index (χ2v) is 39.8. The number of furan rings is 2. The maximum absolute atomic E-state index is 7.42. The molecule has 14 aromatic carbocycles. The number of unbranched alkanes of at least 4 members (excludes halogenated alkanes) is 16. The number of anilines is 3. The molecule has 0 spiro atoms. The predicted molar refractivity (Wildman–Crippen MR) is 536 cm³/mol. The fourth-order valence-corrected chi connectivity index (χ4v) is 24.6. The maximum Gasteiger partial charge on any atom is 0.143 e. The zero-order chi connectivity index (χ0) is 85.8. The van der Waals surface area contributed by atoms with Gasteiger partial charge in [-0.15, -0.1) is 0 Å². The number of benzene rings is 14. The lowest BCUT2D eigenvalue weighted by molar-refractivity contribution is 0.399. The summed E-state index contributed by atoms with van der Waals surface area (Å²) in [5.74, 6) is 0. The fraction of sp³-hybridized carbons (Fsp3) is 0.317. The van der Waals surface area contributed by atoms with Crippen molar-refractivity contribution in [2.24, 2.45) is 0 Å². The summed E-state index contributed by atoms with van der Waals surface area (Å²) in [4.78, 5) is 2.63. The van der Waals surface area contributed by atoms with Crippen LogP contribution >= 0.6 is 0 Å². The molecule has 5 aliphatic carbocycles. The van der Waals surface area contributed by atoms with E-state index >= 15 is 0 Å². The smallest absolute Gasteiger partial charge is 0.143 e. The molecule has 3 heteroatoms. The number of nitrogens with zero attached hydrogens (tertiary/aromatic N) is 1. The van der Waals surface area contributed by atoms with Gasteiger partial charge >= 0.3 is 0 Å². The summed E-state index contributed by atoms with van der Waals surface area (Å²) in [6.45, 7) is 24.1. The second kappa shape index (κ2) is 32.7. The zero-order valence-corrected chi connectivity index (χ0v) is 76.2. The van der Waals surface area contributed by atoms with Crippen LogP contribution in [0.15, 0.2) is 282 Å². The van der Waals surface area contributed by atoms with E-state index in [-0.39, 0.29) is 27.1 Å². The summed E-state index contributed by atoms with van der Waals surface area (Å²) in [6.07, 6.45) is 29.7. The van der Waals surface area contributed by atoms with Crippen LogP contribution in [0.4, 0.5) is 17.1 Å². The van der Waals surface area contributed by atoms with E-state index in [2.05, 4.69) is 347 Å². The van der Waals surface area contributed by atoms with Crippen LogP contribution in [0.3, 0.4) is 0 Å². The van der Waals surface area contributed by atoms with Crippen molar-refractivity contribution < 1.29 is 8.83 Å². The SMILES string of the molecule is CCCCCCCC1(CCCCCCC)c2ccccc2-c2ccc(-c3ccc4c(c3)C(C)(C)c3cc(-c5ccc(-c6cc7c(c8c6oc6ccccc68)-c6ccc(N(c8ccc9c(c8)C(C)(C)c8cc%10c(cc8-9)C(C)(C)c8ccc9oc%11ccccc%11c9c8-%10)c8ccccc8-c8ccccc8)cc6C7(CCCCCCC)CCCCCCC)cc5)ccc3-4)cc21. The number of fused-ring (bicyclic) bond motifs is 23. The van der Waals surface area contributed by atoms with Crippen molar-refractivity contribution in [1.29, 1.82) is 0 Å². The number of rotatable bonds is 31. The van der Waals surface area contributed by atoms with Crippen LogP contribution < -0.4 is 4.90 Å². The Morgan fingerprint density at radius 3 is 1.23 bits per heavy atom. The Bertz CT molecular complexity index is 6860. The molecule has 21 rings (SSSR count). The first-order valence-electron chi connectivity index (χ1n) is 48.6. The van der Waals surface area contributed by atoms with Crippen LogP contribution in [0.1, 0.15) is 279 Å². The highest BCUT2D eigenvalue weighted by molar-refractivity contribution is 6.19. The largest absolute Gasteiger partial charge is 0.456 e. The van der Waals surface area contributed by atoms with Gasteiger partial charge in [-0.3, -0.25) is 0 Å². The summed E-state index contributed by atoms with van der Waals surface area (Å²) < 4.78 is 14.0. The van der Waals surface area contributed by atoms with Gasteiger partial charge < -0.3 is 13.7 Å². The van der Waals surface area contributed by atoms with Gasteiger partial charge in [0.25, 0.3) is 0 Å². The Kier molecular flexibility index (Phi) is 21.2. The molecule has 0 saturated heterocycles. The molecule has 0 bridgehead atoms.